The van der Waals surface area contributed by atoms with Crippen LogP contribution in [0.25, 0.3) is 0 Å². The smallest absolute Gasteiger partial charge is 0.354 e. The van der Waals surface area contributed by atoms with Crippen molar-refractivity contribution in [3.05, 3.63) is 11.6 Å². The molecule has 118 valence electrons. The summed E-state index contributed by atoms with van der Waals surface area (Å²) in [5.41, 5.74) is 0.555. The topological polar surface area (TPSA) is 95.8 Å². The summed E-state index contributed by atoms with van der Waals surface area (Å²) >= 11 is 0. The van der Waals surface area contributed by atoms with Crippen molar-refractivity contribution in [2.24, 2.45) is 11.1 Å². The Hall–Kier alpha value is -2.64. The van der Waals surface area contributed by atoms with Crippen molar-refractivity contribution >= 4 is 11.7 Å². The quantitative estimate of drug-likeness (QED) is 0.902. The van der Waals surface area contributed by atoms with E-state index in [1.807, 2.05) is 0 Å². The zero-order chi connectivity index (χ0) is 15.9. The third kappa shape index (κ3) is 1.99. The highest BCUT2D eigenvalue weighted by Gasteiger charge is 2.40. The van der Waals surface area contributed by atoms with Crippen molar-refractivity contribution in [3.63, 3.8) is 0 Å². The van der Waals surface area contributed by atoms with Crippen molar-refractivity contribution in [3.8, 4) is 23.0 Å². The molecule has 22 heavy (non-hydrogen) atoms. The molecular formula is C14H15NO7. The Morgan fingerprint density at radius 3 is 2.64 bits per heavy atom. The van der Waals surface area contributed by atoms with Gasteiger partial charge in [-0.05, 0) is 6.07 Å². The fraction of sp³-hybridized carbons (Fsp3) is 0.429. The number of benzene rings is 1. The molecule has 0 saturated heterocycles. The maximum atomic E-state index is 11.1. The van der Waals surface area contributed by atoms with Crippen molar-refractivity contribution in [2.45, 2.75) is 13.0 Å². The van der Waals surface area contributed by atoms with Gasteiger partial charge in [0.2, 0.25) is 18.3 Å². The molecule has 0 spiro atoms. The van der Waals surface area contributed by atoms with Crippen LogP contribution in [-0.2, 0) is 9.63 Å². The number of nitrogens with zero attached hydrogens (tertiary/aromatic N) is 1. The molecule has 1 aromatic carbocycles. The molecule has 0 aliphatic carbocycles. The van der Waals surface area contributed by atoms with Crippen LogP contribution >= 0.6 is 0 Å². The first-order valence-electron chi connectivity index (χ1n) is 6.60. The molecule has 2 aliphatic heterocycles. The first kappa shape index (κ1) is 14.3. The van der Waals surface area contributed by atoms with Crippen molar-refractivity contribution in [1.82, 2.24) is 0 Å². The lowest BCUT2D eigenvalue weighted by Gasteiger charge is -2.19. The summed E-state index contributed by atoms with van der Waals surface area (Å²) < 4.78 is 21.5. The summed E-state index contributed by atoms with van der Waals surface area (Å²) in [4.78, 5) is 16.4. The number of carboxylic acid groups (broad SMARTS) is 1. The number of ether oxygens (including phenoxy) is 4. The second kappa shape index (κ2) is 5.28. The van der Waals surface area contributed by atoms with E-state index in [0.717, 1.165) is 0 Å². The monoisotopic (exact) mass is 309 g/mol. The van der Waals surface area contributed by atoms with Crippen LogP contribution < -0.4 is 18.9 Å². The van der Waals surface area contributed by atoms with E-state index in [1.54, 1.807) is 13.0 Å². The van der Waals surface area contributed by atoms with E-state index in [9.17, 15) is 4.79 Å². The highest BCUT2D eigenvalue weighted by molar-refractivity contribution is 6.36. The third-order valence-electron chi connectivity index (χ3n) is 3.69. The number of methoxy groups -OCH3 is 2. The second-order valence-corrected chi connectivity index (χ2v) is 4.86. The average molecular weight is 309 g/mol. The van der Waals surface area contributed by atoms with E-state index in [1.165, 1.54) is 14.2 Å². The zero-order valence-corrected chi connectivity index (χ0v) is 12.3. The highest BCUT2D eigenvalue weighted by atomic mass is 16.7. The Morgan fingerprint density at radius 2 is 2.05 bits per heavy atom. The van der Waals surface area contributed by atoms with E-state index < -0.39 is 18.0 Å². The Labute approximate surface area is 126 Å². The van der Waals surface area contributed by atoms with Gasteiger partial charge < -0.3 is 28.9 Å². The van der Waals surface area contributed by atoms with Gasteiger partial charge in [0.25, 0.3) is 0 Å². The standard InChI is InChI=1S/C14H15NO7/c1-6-9(14(16)17)15-22-10(6)7-4-8(18-2)12-13(11(7)19-3)21-5-20-12/h4,6,10H,5H2,1-3H3,(H,16,17)/t6-,10-/m0/s1. The van der Waals surface area contributed by atoms with Gasteiger partial charge in [-0.15, -0.1) is 0 Å². The molecule has 0 amide bonds. The van der Waals surface area contributed by atoms with Crippen LogP contribution in [0.15, 0.2) is 11.2 Å². The number of rotatable bonds is 4. The Kier molecular flexibility index (Phi) is 3.44. The SMILES string of the molecule is COc1cc([C@H]2ON=C(C(=O)O)[C@@H]2C)c(OC)c2c1OCO2. The third-order valence-corrected chi connectivity index (χ3v) is 3.69. The number of aliphatic carboxylic acids is 1. The van der Waals surface area contributed by atoms with Gasteiger partial charge in [-0.3, -0.25) is 0 Å². The van der Waals surface area contributed by atoms with Crippen molar-refractivity contribution in [2.75, 3.05) is 21.0 Å². The number of hydrogen-bond acceptors (Lipinski definition) is 7. The van der Waals surface area contributed by atoms with Gasteiger partial charge in [0, 0.05) is 5.56 Å². The van der Waals surface area contributed by atoms with Gasteiger partial charge >= 0.3 is 5.97 Å². The van der Waals surface area contributed by atoms with Gasteiger partial charge in [0.1, 0.15) is 0 Å². The lowest BCUT2D eigenvalue weighted by Crippen LogP contribution is -2.21. The molecule has 8 heteroatoms. The van der Waals surface area contributed by atoms with Gasteiger partial charge in [0.15, 0.2) is 23.3 Å². The average Bonchev–Trinajstić information content (AvgIpc) is 3.12. The normalized spacial score (nSPS) is 22.0. The minimum absolute atomic E-state index is 0.0383. The lowest BCUT2D eigenvalue weighted by atomic mass is 9.92. The fourth-order valence-electron chi connectivity index (χ4n) is 2.60. The Morgan fingerprint density at radius 1 is 1.32 bits per heavy atom. The first-order valence-corrected chi connectivity index (χ1v) is 6.60. The van der Waals surface area contributed by atoms with E-state index in [4.69, 9.17) is 28.9 Å². The minimum Gasteiger partial charge on any atom is -0.493 e. The van der Waals surface area contributed by atoms with Gasteiger partial charge in [0.05, 0.1) is 20.1 Å². The van der Waals surface area contributed by atoms with Gasteiger partial charge in [-0.1, -0.05) is 12.1 Å². The van der Waals surface area contributed by atoms with E-state index in [0.29, 0.717) is 28.6 Å². The molecule has 2 aliphatic rings. The summed E-state index contributed by atoms with van der Waals surface area (Å²) in [5.74, 6) is 0.192. The van der Waals surface area contributed by atoms with Crippen LogP contribution in [-0.4, -0.2) is 37.8 Å². The van der Waals surface area contributed by atoms with Crippen LogP contribution in [0.5, 0.6) is 23.0 Å². The minimum atomic E-state index is -1.11. The van der Waals surface area contributed by atoms with E-state index in [-0.39, 0.29) is 12.5 Å². The second-order valence-electron chi connectivity index (χ2n) is 4.86. The van der Waals surface area contributed by atoms with Crippen LogP contribution in [0.2, 0.25) is 0 Å². The Balaban J connectivity index is 2.07. The molecule has 0 fully saturated rings. The summed E-state index contributed by atoms with van der Waals surface area (Å²) in [5, 5.41) is 12.8. The Bertz CT molecular complexity index is 655. The lowest BCUT2D eigenvalue weighted by molar-refractivity contribution is -0.129. The largest absolute Gasteiger partial charge is 0.493 e. The molecule has 8 nitrogen and oxygen atoms in total. The predicted octanol–water partition coefficient (Wildman–Crippen LogP) is 1.58. The molecular weight excluding hydrogens is 294 g/mol. The van der Waals surface area contributed by atoms with Gasteiger partial charge in [-0.2, -0.15) is 0 Å². The first-order chi connectivity index (χ1) is 10.6. The molecule has 1 N–H and O–H groups in total. The van der Waals surface area contributed by atoms with Crippen molar-refractivity contribution < 1.29 is 33.7 Å². The molecule has 0 aromatic heterocycles. The number of carbonyl (C=O) groups is 1. The van der Waals surface area contributed by atoms with Gasteiger partial charge in [-0.25, -0.2) is 4.79 Å². The summed E-state index contributed by atoms with van der Waals surface area (Å²) in [7, 11) is 3.00. The maximum absolute atomic E-state index is 11.1. The predicted molar refractivity (Wildman–Crippen MR) is 73.7 cm³/mol. The molecule has 1 aromatic rings. The van der Waals surface area contributed by atoms with Crippen LogP contribution in [0.4, 0.5) is 0 Å². The zero-order valence-electron chi connectivity index (χ0n) is 12.3. The number of hydrogen-bond donors (Lipinski definition) is 1. The number of carboxylic acids is 1. The fourth-order valence-corrected chi connectivity index (χ4v) is 2.60. The molecule has 0 unspecified atom stereocenters. The molecule has 0 bridgehead atoms. The molecule has 0 radical (unpaired) electrons. The van der Waals surface area contributed by atoms with Crippen LogP contribution in [0.3, 0.4) is 0 Å². The summed E-state index contributed by atoms with van der Waals surface area (Å²) in [6, 6.07) is 1.69. The van der Waals surface area contributed by atoms with Crippen LogP contribution in [0, 0.1) is 5.92 Å². The number of fused-ring (bicyclic) bond motifs is 1. The van der Waals surface area contributed by atoms with E-state index >= 15 is 0 Å². The van der Waals surface area contributed by atoms with Crippen LogP contribution in [0.1, 0.15) is 18.6 Å². The summed E-state index contributed by atoms with van der Waals surface area (Å²) in [6.07, 6.45) is -0.607. The maximum Gasteiger partial charge on any atom is 0.354 e. The van der Waals surface area contributed by atoms with Crippen molar-refractivity contribution in [1.29, 1.82) is 0 Å². The number of oxime groups is 1. The molecule has 3 rings (SSSR count). The highest BCUT2D eigenvalue weighted by Crippen LogP contribution is 2.52. The van der Waals surface area contributed by atoms with E-state index in [2.05, 4.69) is 5.16 Å². The molecule has 2 heterocycles. The summed E-state index contributed by atoms with van der Waals surface area (Å²) in [6.45, 7) is 1.78. The molecule has 2 atom stereocenters. The molecule has 0 saturated carbocycles.